The minimum Gasteiger partial charge on any atom is -0.183 e. The minimum absolute atomic E-state index is 0. The Kier molecular flexibility index (Phi) is 18.1. The Morgan fingerprint density at radius 2 is 1.84 bits per heavy atom. The van der Waals surface area contributed by atoms with Gasteiger partial charge in [0.2, 0.25) is 0 Å². The van der Waals surface area contributed by atoms with Gasteiger partial charge in [0.1, 0.15) is 0 Å². The van der Waals surface area contributed by atoms with Gasteiger partial charge in [-0.05, 0) is 6.26 Å². The van der Waals surface area contributed by atoms with Crippen LogP contribution in [0.15, 0.2) is 48.6 Å². The number of rotatable bonds is 5. The Morgan fingerprint density at radius 3 is 2.49 bits per heavy atom. The zero-order valence-corrected chi connectivity index (χ0v) is 31.9. The van der Waals surface area contributed by atoms with Gasteiger partial charge in [-0.1, -0.05) is 35.1 Å². The monoisotopic (exact) mass is 785 g/mol. The van der Waals surface area contributed by atoms with E-state index < -0.39 is 0 Å². The third-order valence-corrected chi connectivity index (χ3v) is 12.6. The van der Waals surface area contributed by atoms with Crippen LogP contribution in [-0.4, -0.2) is 39.8 Å². The van der Waals surface area contributed by atoms with Gasteiger partial charge in [0, 0.05) is 0 Å². The number of allylic oxidation sites excluding steroid dienone is 3. The second-order valence-electron chi connectivity index (χ2n) is 8.85. The molecule has 2 aromatic rings. The molecular weight excluding hydrogens is 738 g/mol. The summed E-state index contributed by atoms with van der Waals surface area (Å²) in [7, 11) is 0. The van der Waals surface area contributed by atoms with E-state index in [4.69, 9.17) is 4.74 Å². The van der Waals surface area contributed by atoms with Crippen molar-refractivity contribution in [1.82, 2.24) is 0 Å². The first-order valence-corrected chi connectivity index (χ1v) is 19.1. The molecule has 233 valence electrons. The van der Waals surface area contributed by atoms with Crippen molar-refractivity contribution >= 4 is 67.3 Å². The van der Waals surface area contributed by atoms with Gasteiger partial charge in [-0.25, -0.2) is 0 Å². The van der Waals surface area contributed by atoms with E-state index in [0.29, 0.717) is 0 Å². The van der Waals surface area contributed by atoms with Crippen LogP contribution < -0.4 is 26.1 Å². The van der Waals surface area contributed by atoms with Gasteiger partial charge in [0.05, 0.1) is 0 Å². The van der Waals surface area contributed by atoms with Crippen molar-refractivity contribution in [2.45, 2.75) is 74.0 Å². The van der Waals surface area contributed by atoms with E-state index in [2.05, 4.69) is 85.7 Å². The molecule has 0 saturated heterocycles. The van der Waals surface area contributed by atoms with Gasteiger partial charge < -0.3 is 0 Å². The van der Waals surface area contributed by atoms with Crippen LogP contribution >= 0.6 is 35.3 Å². The summed E-state index contributed by atoms with van der Waals surface area (Å²) < 4.78 is 12.3. The zero-order valence-electron chi connectivity index (χ0n) is 25.8. The molecule has 6 rings (SSSR count). The van der Waals surface area contributed by atoms with Crippen molar-refractivity contribution in [2.24, 2.45) is 0 Å². The third kappa shape index (κ3) is 8.40. The van der Waals surface area contributed by atoms with Crippen molar-refractivity contribution in [3.63, 3.8) is 0 Å². The smallest absolute Gasteiger partial charge is 0.183 e. The summed E-state index contributed by atoms with van der Waals surface area (Å²) in [6.45, 7) is 22.0. The van der Waals surface area contributed by atoms with Gasteiger partial charge in [0.15, 0.2) is 0 Å². The average molecular weight is 786 g/mol. The topological polar surface area (TPSA) is 15.5 Å². The fourth-order valence-electron chi connectivity index (χ4n) is 4.98. The molecule has 3 nitrogen and oxygen atoms in total. The van der Waals surface area contributed by atoms with E-state index in [0.717, 1.165) is 36.5 Å². The van der Waals surface area contributed by atoms with Crippen LogP contribution in [0, 0.1) is 22.8 Å². The van der Waals surface area contributed by atoms with E-state index in [1.807, 2.05) is 57.3 Å². The zero-order chi connectivity index (χ0) is 30.1. The number of anilines is 1. The maximum absolute atomic E-state index is 6.69. The predicted octanol–water partition coefficient (Wildman–Crippen LogP) is 7.04. The summed E-state index contributed by atoms with van der Waals surface area (Å²) in [5.41, 5.74) is 5.08. The summed E-state index contributed by atoms with van der Waals surface area (Å²) in [6, 6.07) is 3.56. The first-order valence-electron chi connectivity index (χ1n) is 14.4. The molecule has 0 bridgehead atoms. The molecule has 0 aliphatic carbocycles. The number of ether oxygens (including phenoxy) is 1. The molecular formula is C35H47IN2OS3V. The van der Waals surface area contributed by atoms with Gasteiger partial charge >= 0.3 is 239 Å². The van der Waals surface area contributed by atoms with Crippen LogP contribution in [0.25, 0.3) is 18.2 Å². The average Bonchev–Trinajstić information content (AvgIpc) is 3.69. The van der Waals surface area contributed by atoms with Crippen LogP contribution in [0.1, 0.15) is 75.8 Å². The van der Waals surface area contributed by atoms with Crippen molar-refractivity contribution in [1.29, 1.82) is 0 Å². The molecule has 0 fully saturated rings. The van der Waals surface area contributed by atoms with E-state index in [1.54, 1.807) is 21.2 Å². The van der Waals surface area contributed by atoms with Crippen LogP contribution in [0.4, 0.5) is 10.0 Å². The first kappa shape index (κ1) is 40.0. The summed E-state index contributed by atoms with van der Waals surface area (Å²) in [5.74, 6) is 0. The van der Waals surface area contributed by atoms with Crippen molar-refractivity contribution in [3.05, 3.63) is 85.3 Å². The van der Waals surface area contributed by atoms with Crippen LogP contribution in [0.2, 0.25) is 0 Å². The molecule has 0 spiro atoms. The Hall–Kier alpha value is -1.07. The fourth-order valence-corrected chi connectivity index (χ4v) is 11.3. The van der Waals surface area contributed by atoms with Crippen molar-refractivity contribution < 1.29 is 49.1 Å². The number of halogens is 1. The van der Waals surface area contributed by atoms with E-state index in [1.165, 1.54) is 35.2 Å². The maximum atomic E-state index is 6.69. The standard InChI is InChI=1S/C29H27IN2OS2.2C2H6.CH4S.CH4.V/c1-5-8-10-19-16-26(34-18(19)4)31-13-11-23-20(17-31)15-22-24(33-23)12-14-32-28(22)30-27-21(9-6-2)25(7-3)35-29(27)32;3*1-2;;/h5-10,15,23-24H,1,3,11-14H2,2,4H3;2*1-2H3;2H,1H3;1H4;/q-2;;;;;+2/b9-6-,10-8-;;;;;. The molecule has 6 heterocycles. The predicted molar refractivity (Wildman–Crippen MR) is 189 cm³/mol. The number of thiol groups is 1. The first-order chi connectivity index (χ1) is 20.1. The quantitative estimate of drug-likeness (QED) is 0.115. The summed E-state index contributed by atoms with van der Waals surface area (Å²) >= 11 is 6.94. The van der Waals surface area contributed by atoms with E-state index >= 15 is 0 Å². The van der Waals surface area contributed by atoms with Crippen LogP contribution in [-0.2, 0) is 23.3 Å². The fraction of sp³-hybridized carbons (Fsp3) is 0.400. The Bertz CT molecular complexity index is 1400. The van der Waals surface area contributed by atoms with Crippen molar-refractivity contribution in [3.8, 4) is 0 Å². The number of hydrogen-bond acceptors (Lipinski definition) is 5. The van der Waals surface area contributed by atoms with Gasteiger partial charge in [-0.2, -0.15) is 12.6 Å². The molecule has 1 radical (unpaired) electrons. The number of fused-ring (bicyclic) bond motifs is 5. The summed E-state index contributed by atoms with van der Waals surface area (Å²) in [4.78, 5) is 4.80. The third-order valence-electron chi connectivity index (χ3n) is 6.66. The summed E-state index contributed by atoms with van der Waals surface area (Å²) in [6.07, 6.45) is 22.5. The maximum Gasteiger partial charge on any atom is 2.00 e. The number of nitrogens with zero attached hydrogens (tertiary/aromatic N) is 2. The van der Waals surface area contributed by atoms with Gasteiger partial charge in [-0.15, -0.1) is 6.58 Å². The molecule has 2 aromatic heterocycles. The molecule has 43 heavy (non-hydrogen) atoms. The molecule has 4 aliphatic rings. The summed E-state index contributed by atoms with van der Waals surface area (Å²) in [5, 5.41) is 2.56. The molecule has 0 amide bonds. The largest absolute Gasteiger partial charge is 2.00 e. The number of aryl methyl sites for hydroxylation is 1. The van der Waals surface area contributed by atoms with Crippen LogP contribution in [0.3, 0.4) is 0 Å². The Balaban J connectivity index is 0.00000109. The van der Waals surface area contributed by atoms with Gasteiger partial charge in [0.25, 0.3) is 0 Å². The van der Waals surface area contributed by atoms with E-state index in [9.17, 15) is 0 Å². The van der Waals surface area contributed by atoms with E-state index in [-0.39, 0.29) is 59.4 Å². The minimum atomic E-state index is -0.262. The molecule has 4 aliphatic heterocycles. The van der Waals surface area contributed by atoms with Crippen molar-refractivity contribution in [2.75, 3.05) is 24.2 Å². The molecule has 0 aromatic carbocycles. The molecule has 8 heteroatoms. The number of thiophene rings is 2. The Morgan fingerprint density at radius 1 is 1.12 bits per heavy atom. The normalized spacial score (nSPS) is 19.5. The number of hydrogen-bond donors (Lipinski definition) is 1. The molecule has 0 saturated carbocycles. The van der Waals surface area contributed by atoms with Gasteiger partial charge in [-0.3, -0.25) is 0 Å². The SMILES string of the molecule is C.C=C/C=C\c1[c-]c(N2[C-]=C3C=C4C5=[N+](CCC4OC3CC2)c2sc(C=C)c(/C=C\C)c2[I-]5)sc1C.CC.CC.CS.[V+2]. The van der Waals surface area contributed by atoms with Crippen LogP contribution in [0.5, 0.6) is 0 Å². The Labute approximate surface area is 297 Å². The second kappa shape index (κ2) is 19.4. The molecule has 2 atom stereocenters. The second-order valence-corrected chi connectivity index (χ2v) is 13.7. The molecule has 2 unspecified atom stereocenters. The molecule has 0 N–H and O–H groups in total.